The van der Waals surface area contributed by atoms with Gasteiger partial charge in [-0.25, -0.2) is 0 Å². The van der Waals surface area contributed by atoms with Gasteiger partial charge in [-0.15, -0.1) is 0 Å². The smallest absolute Gasteiger partial charge is 0.323 e. The van der Waals surface area contributed by atoms with Gasteiger partial charge in [0.2, 0.25) is 0 Å². The number of carbonyl (C=O) groups excluding carboxylic acids is 1. The van der Waals surface area contributed by atoms with Crippen molar-refractivity contribution < 1.29 is 9.53 Å². The lowest BCUT2D eigenvalue weighted by molar-refractivity contribution is -0.162. The Hall–Kier alpha value is -0.570. The molecule has 0 amide bonds. The molecule has 1 N–H and O–H groups in total. The first-order valence-electron chi connectivity index (χ1n) is 3.30. The van der Waals surface area contributed by atoms with Crippen LogP contribution >= 0.6 is 0 Å². The van der Waals surface area contributed by atoms with Gasteiger partial charge in [-0.3, -0.25) is 4.79 Å². The number of fused-ring (bicyclic) bond motifs is 3. The lowest BCUT2D eigenvalue weighted by atomic mass is 9.99. The van der Waals surface area contributed by atoms with Crippen molar-refractivity contribution in [2.75, 3.05) is 6.54 Å². The first-order valence-corrected chi connectivity index (χ1v) is 3.30. The average Bonchev–Trinajstić information content (AvgIpc) is 1.90. The third-order valence-electron chi connectivity index (χ3n) is 1.94. The Kier molecular flexibility index (Phi) is 0.990. The van der Waals surface area contributed by atoms with Crippen molar-refractivity contribution >= 4 is 5.97 Å². The molecule has 3 aliphatic rings. The summed E-state index contributed by atoms with van der Waals surface area (Å²) in [7, 11) is 0. The summed E-state index contributed by atoms with van der Waals surface area (Å²) in [6.45, 7) is 0.858. The molecule has 0 aliphatic carbocycles. The van der Waals surface area contributed by atoms with Gasteiger partial charge in [0.15, 0.2) is 0 Å². The summed E-state index contributed by atoms with van der Waals surface area (Å²) in [6, 6.07) is 0.00926. The lowest BCUT2D eigenvalue weighted by Gasteiger charge is -2.35. The summed E-state index contributed by atoms with van der Waals surface area (Å²) in [4.78, 5) is 10.8. The topological polar surface area (TPSA) is 38.3 Å². The van der Waals surface area contributed by atoms with Gasteiger partial charge in [-0.2, -0.15) is 0 Å². The predicted octanol–water partition coefficient (Wildman–Crippen LogP) is -0.336. The molecule has 2 atom stereocenters. The van der Waals surface area contributed by atoms with Crippen LogP contribution in [-0.2, 0) is 9.53 Å². The van der Waals surface area contributed by atoms with Gasteiger partial charge in [0, 0.05) is 6.54 Å². The molecule has 0 saturated carbocycles. The Labute approximate surface area is 53.4 Å². The number of ether oxygens (including phenoxy) is 1. The first kappa shape index (κ1) is 5.23. The van der Waals surface area contributed by atoms with Crippen LogP contribution < -0.4 is 5.32 Å². The monoisotopic (exact) mass is 127 g/mol. The minimum absolute atomic E-state index is 0.00926. The van der Waals surface area contributed by atoms with Crippen molar-refractivity contribution in [3.63, 3.8) is 0 Å². The van der Waals surface area contributed by atoms with Crippen molar-refractivity contribution in [3.05, 3.63) is 0 Å². The maximum absolute atomic E-state index is 10.8. The van der Waals surface area contributed by atoms with Crippen LogP contribution in [0.1, 0.15) is 12.8 Å². The maximum Gasteiger partial charge on any atom is 0.323 e. The summed E-state index contributed by atoms with van der Waals surface area (Å²) < 4.78 is 4.98. The molecule has 3 aliphatic heterocycles. The fourth-order valence-electron chi connectivity index (χ4n) is 1.38. The van der Waals surface area contributed by atoms with Crippen molar-refractivity contribution in [1.29, 1.82) is 0 Å². The Morgan fingerprint density at radius 3 is 2.67 bits per heavy atom. The second kappa shape index (κ2) is 1.70. The summed E-state index contributed by atoms with van der Waals surface area (Å²) in [5, 5.41) is 3.09. The van der Waals surface area contributed by atoms with Crippen molar-refractivity contribution in [2.45, 2.75) is 25.0 Å². The zero-order valence-electron chi connectivity index (χ0n) is 5.09. The molecule has 3 rings (SSSR count). The molecular weight excluding hydrogens is 118 g/mol. The zero-order chi connectivity index (χ0) is 6.27. The van der Waals surface area contributed by atoms with E-state index in [1.165, 1.54) is 0 Å². The number of hydrogen-bond donors (Lipinski definition) is 1. The van der Waals surface area contributed by atoms with E-state index in [9.17, 15) is 4.79 Å². The van der Waals surface area contributed by atoms with E-state index in [2.05, 4.69) is 5.32 Å². The van der Waals surface area contributed by atoms with Gasteiger partial charge in [0.05, 0.1) is 0 Å². The number of nitrogens with one attached hydrogen (secondary N) is 1. The average molecular weight is 127 g/mol. The highest BCUT2D eigenvalue weighted by molar-refractivity contribution is 5.77. The molecule has 3 nitrogen and oxygen atoms in total. The minimum Gasteiger partial charge on any atom is -0.460 e. The third-order valence-corrected chi connectivity index (χ3v) is 1.94. The number of carbonyl (C=O) groups is 1. The highest BCUT2D eigenvalue weighted by Gasteiger charge is 2.35. The van der Waals surface area contributed by atoms with Gasteiger partial charge in [-0.05, 0) is 12.8 Å². The van der Waals surface area contributed by atoms with Crippen molar-refractivity contribution in [2.24, 2.45) is 0 Å². The van der Waals surface area contributed by atoms with E-state index in [-0.39, 0.29) is 18.1 Å². The van der Waals surface area contributed by atoms with Crippen LogP contribution in [0.4, 0.5) is 0 Å². The van der Waals surface area contributed by atoms with Crippen LogP contribution in [0.5, 0.6) is 0 Å². The van der Waals surface area contributed by atoms with Crippen LogP contribution in [0.2, 0.25) is 0 Å². The van der Waals surface area contributed by atoms with Crippen LogP contribution in [0, 0.1) is 0 Å². The Morgan fingerprint density at radius 2 is 2.44 bits per heavy atom. The SMILES string of the molecule is O=C1OC2CCC1NC2. The maximum atomic E-state index is 10.8. The van der Waals surface area contributed by atoms with E-state index >= 15 is 0 Å². The molecule has 3 heteroatoms. The molecule has 3 saturated heterocycles. The second-order valence-electron chi connectivity index (χ2n) is 2.60. The van der Waals surface area contributed by atoms with E-state index in [1.807, 2.05) is 0 Å². The van der Waals surface area contributed by atoms with E-state index in [0.717, 1.165) is 19.4 Å². The van der Waals surface area contributed by atoms with E-state index in [4.69, 9.17) is 4.74 Å². The van der Waals surface area contributed by atoms with Gasteiger partial charge >= 0.3 is 5.97 Å². The normalized spacial score (nSPS) is 40.7. The fourth-order valence-corrected chi connectivity index (χ4v) is 1.38. The molecule has 50 valence electrons. The number of morpholine rings is 1. The molecule has 3 heterocycles. The first-order chi connectivity index (χ1) is 4.36. The Bertz CT molecular complexity index is 138. The molecule has 0 spiro atoms. The number of hydrogen-bond acceptors (Lipinski definition) is 3. The van der Waals surface area contributed by atoms with Crippen molar-refractivity contribution in [1.82, 2.24) is 5.32 Å². The molecule has 2 bridgehead atoms. The molecule has 0 aromatic rings. The Balaban J connectivity index is 2.15. The van der Waals surface area contributed by atoms with Crippen LogP contribution in [0.25, 0.3) is 0 Å². The minimum atomic E-state index is -0.0579. The number of rotatable bonds is 0. The summed E-state index contributed by atoms with van der Waals surface area (Å²) in [5.41, 5.74) is 0. The van der Waals surface area contributed by atoms with E-state index < -0.39 is 0 Å². The number of esters is 1. The van der Waals surface area contributed by atoms with Gasteiger partial charge in [-0.1, -0.05) is 0 Å². The highest BCUT2D eigenvalue weighted by Crippen LogP contribution is 2.19. The van der Waals surface area contributed by atoms with Gasteiger partial charge < -0.3 is 10.1 Å². The molecule has 0 aromatic carbocycles. The quantitative estimate of drug-likeness (QED) is 0.452. The van der Waals surface area contributed by atoms with Crippen LogP contribution in [0.15, 0.2) is 0 Å². The highest BCUT2D eigenvalue weighted by atomic mass is 16.5. The van der Waals surface area contributed by atoms with Gasteiger partial charge in [0.1, 0.15) is 12.1 Å². The molecule has 0 radical (unpaired) electrons. The molecule has 9 heavy (non-hydrogen) atoms. The Morgan fingerprint density at radius 1 is 1.56 bits per heavy atom. The van der Waals surface area contributed by atoms with Crippen LogP contribution in [-0.4, -0.2) is 24.7 Å². The second-order valence-corrected chi connectivity index (χ2v) is 2.60. The summed E-state index contributed by atoms with van der Waals surface area (Å²) in [6.07, 6.45) is 2.18. The molecule has 0 aromatic heterocycles. The number of piperidine rings is 1. The fraction of sp³-hybridized carbons (Fsp3) is 0.833. The zero-order valence-corrected chi connectivity index (χ0v) is 5.09. The predicted molar refractivity (Wildman–Crippen MR) is 30.9 cm³/mol. The lowest BCUT2D eigenvalue weighted by Crippen LogP contribution is -2.54. The van der Waals surface area contributed by atoms with E-state index in [0.29, 0.717) is 0 Å². The molecule has 3 fully saturated rings. The largest absolute Gasteiger partial charge is 0.460 e. The van der Waals surface area contributed by atoms with Crippen molar-refractivity contribution in [3.8, 4) is 0 Å². The van der Waals surface area contributed by atoms with Crippen LogP contribution in [0.3, 0.4) is 0 Å². The summed E-state index contributed by atoms with van der Waals surface area (Å²) >= 11 is 0. The summed E-state index contributed by atoms with van der Waals surface area (Å²) in [5.74, 6) is -0.0579. The molecule has 2 unspecified atom stereocenters. The van der Waals surface area contributed by atoms with E-state index in [1.54, 1.807) is 0 Å². The molecular formula is C6H9NO2. The third kappa shape index (κ3) is 0.721. The standard InChI is InChI=1S/C6H9NO2/c8-6-5-2-1-4(9-6)3-7-5/h4-5,7H,1-3H2. The van der Waals surface area contributed by atoms with Gasteiger partial charge in [0.25, 0.3) is 0 Å².